The number of morpholine rings is 1. The van der Waals surface area contributed by atoms with E-state index in [1.165, 1.54) is 11.8 Å². The van der Waals surface area contributed by atoms with E-state index in [1.54, 1.807) is 18.3 Å². The van der Waals surface area contributed by atoms with Crippen LogP contribution in [0.3, 0.4) is 0 Å². The first kappa shape index (κ1) is 19.8. The number of nitrogens with one attached hydrogen (secondary N) is 1. The van der Waals surface area contributed by atoms with Crippen LogP contribution in [0, 0.1) is 0 Å². The lowest BCUT2D eigenvalue weighted by molar-refractivity contribution is 0.122. The second-order valence-corrected chi connectivity index (χ2v) is 7.31. The maximum atomic E-state index is 11.0. The van der Waals surface area contributed by atoms with Gasteiger partial charge in [0.15, 0.2) is 0 Å². The summed E-state index contributed by atoms with van der Waals surface area (Å²) in [5, 5.41) is 22.1. The fourth-order valence-electron chi connectivity index (χ4n) is 2.79. The van der Waals surface area contributed by atoms with E-state index in [-0.39, 0.29) is 13.2 Å². The van der Waals surface area contributed by atoms with Gasteiger partial charge in [-0.2, -0.15) is 0 Å². The zero-order chi connectivity index (χ0) is 19.2. The number of pyridine rings is 1. The molecule has 0 aliphatic carbocycles. The zero-order valence-electron chi connectivity index (χ0n) is 14.5. The average molecular weight is 410 g/mol. The fourth-order valence-corrected chi connectivity index (χ4v) is 4.13. The number of carbonyl (C=O) groups is 1. The van der Waals surface area contributed by atoms with Crippen molar-refractivity contribution in [1.29, 1.82) is 0 Å². The smallest absolute Gasteiger partial charge is 0.404 e. The minimum absolute atomic E-state index is 0.122. The van der Waals surface area contributed by atoms with Gasteiger partial charge in [-0.05, 0) is 23.8 Å². The van der Waals surface area contributed by atoms with Crippen molar-refractivity contribution in [3.63, 3.8) is 0 Å². The van der Waals surface area contributed by atoms with E-state index >= 15 is 0 Å². The van der Waals surface area contributed by atoms with Crippen molar-refractivity contribution in [2.45, 2.75) is 23.1 Å². The SMILES string of the molecule is O=C(O)NCc1cc(N2CCOCC2)cc(Cl)c1Sc1ncccc1CO. The molecule has 1 amide bonds. The first-order valence-electron chi connectivity index (χ1n) is 8.43. The van der Waals surface area contributed by atoms with Crippen LogP contribution in [0.2, 0.25) is 5.02 Å². The third-order valence-corrected chi connectivity index (χ3v) is 5.79. The Morgan fingerprint density at radius 3 is 2.81 bits per heavy atom. The number of hydrogen-bond acceptors (Lipinski definition) is 6. The Balaban J connectivity index is 1.96. The summed E-state index contributed by atoms with van der Waals surface area (Å²) in [7, 11) is 0. The quantitative estimate of drug-likeness (QED) is 0.675. The first-order chi connectivity index (χ1) is 13.1. The molecule has 1 aliphatic rings. The number of rotatable bonds is 6. The van der Waals surface area contributed by atoms with Crippen molar-refractivity contribution in [2.75, 3.05) is 31.2 Å². The van der Waals surface area contributed by atoms with E-state index in [0.29, 0.717) is 28.8 Å². The molecule has 0 spiro atoms. The number of aliphatic hydroxyl groups excluding tert-OH is 1. The zero-order valence-corrected chi connectivity index (χ0v) is 16.1. The third kappa shape index (κ3) is 5.04. The van der Waals surface area contributed by atoms with Gasteiger partial charge < -0.3 is 25.2 Å². The molecule has 2 aromatic rings. The highest BCUT2D eigenvalue weighted by atomic mass is 35.5. The molecule has 0 bridgehead atoms. The Bertz CT molecular complexity index is 815. The van der Waals surface area contributed by atoms with Gasteiger partial charge in [0.2, 0.25) is 0 Å². The Kier molecular flexibility index (Phi) is 6.78. The number of carboxylic acid groups (broad SMARTS) is 1. The summed E-state index contributed by atoms with van der Waals surface area (Å²) in [4.78, 5) is 18.2. The van der Waals surface area contributed by atoms with Crippen LogP contribution in [0.1, 0.15) is 11.1 Å². The van der Waals surface area contributed by atoms with E-state index in [0.717, 1.165) is 29.2 Å². The Morgan fingerprint density at radius 2 is 2.11 bits per heavy atom. The van der Waals surface area contributed by atoms with Crippen LogP contribution >= 0.6 is 23.4 Å². The number of amides is 1. The van der Waals surface area contributed by atoms with Crippen LogP contribution < -0.4 is 10.2 Å². The summed E-state index contributed by atoms with van der Waals surface area (Å²) in [5.74, 6) is 0. The number of nitrogens with zero attached hydrogens (tertiary/aromatic N) is 2. The van der Waals surface area contributed by atoms with Crippen molar-refractivity contribution >= 4 is 35.1 Å². The molecule has 3 N–H and O–H groups in total. The fraction of sp³-hybridized carbons (Fsp3) is 0.333. The maximum Gasteiger partial charge on any atom is 0.404 e. The molecular formula is C18H20ClN3O4S. The summed E-state index contributed by atoms with van der Waals surface area (Å²) in [5.41, 5.74) is 2.37. The number of hydrogen-bond donors (Lipinski definition) is 3. The minimum Gasteiger partial charge on any atom is -0.465 e. The number of anilines is 1. The molecule has 0 radical (unpaired) electrons. The van der Waals surface area contributed by atoms with Crippen molar-refractivity contribution in [2.24, 2.45) is 0 Å². The second kappa shape index (κ2) is 9.27. The topological polar surface area (TPSA) is 94.9 Å². The minimum atomic E-state index is -1.10. The monoisotopic (exact) mass is 409 g/mol. The van der Waals surface area contributed by atoms with Crippen molar-refractivity contribution in [3.05, 3.63) is 46.6 Å². The molecule has 0 unspecified atom stereocenters. The molecule has 1 aliphatic heterocycles. The molecule has 1 aromatic heterocycles. The lowest BCUT2D eigenvalue weighted by atomic mass is 10.1. The predicted molar refractivity (Wildman–Crippen MR) is 104 cm³/mol. The predicted octanol–water partition coefficient (Wildman–Crippen LogP) is 2.98. The summed E-state index contributed by atoms with van der Waals surface area (Å²) >= 11 is 7.89. The van der Waals surface area contributed by atoms with Gasteiger partial charge in [-0.15, -0.1) is 0 Å². The van der Waals surface area contributed by atoms with Gasteiger partial charge in [0, 0.05) is 42.0 Å². The van der Waals surface area contributed by atoms with Crippen LogP contribution in [-0.2, 0) is 17.9 Å². The maximum absolute atomic E-state index is 11.0. The molecule has 0 saturated carbocycles. The van der Waals surface area contributed by atoms with E-state index in [1.807, 2.05) is 12.1 Å². The van der Waals surface area contributed by atoms with E-state index in [9.17, 15) is 9.90 Å². The van der Waals surface area contributed by atoms with Crippen molar-refractivity contribution in [3.8, 4) is 0 Å². The number of benzene rings is 1. The molecule has 9 heteroatoms. The van der Waals surface area contributed by atoms with Crippen molar-refractivity contribution in [1.82, 2.24) is 10.3 Å². The van der Waals surface area contributed by atoms with Crippen LogP contribution in [0.4, 0.5) is 10.5 Å². The lowest BCUT2D eigenvalue weighted by Gasteiger charge is -2.30. The molecular weight excluding hydrogens is 390 g/mol. The Labute approximate surface area is 166 Å². The number of halogens is 1. The van der Waals surface area contributed by atoms with Gasteiger partial charge >= 0.3 is 6.09 Å². The van der Waals surface area contributed by atoms with Gasteiger partial charge in [0.1, 0.15) is 5.03 Å². The van der Waals surface area contributed by atoms with Crippen molar-refractivity contribution < 1.29 is 19.7 Å². The third-order valence-electron chi connectivity index (χ3n) is 4.13. The van der Waals surface area contributed by atoms with Gasteiger partial charge in [0.05, 0.1) is 24.8 Å². The van der Waals surface area contributed by atoms with Crippen LogP contribution in [0.25, 0.3) is 0 Å². The average Bonchev–Trinajstić information content (AvgIpc) is 2.69. The second-order valence-electron chi connectivity index (χ2n) is 5.90. The number of aromatic nitrogens is 1. The molecule has 2 heterocycles. The molecule has 1 fully saturated rings. The Hall–Kier alpha value is -2.00. The molecule has 1 saturated heterocycles. The largest absolute Gasteiger partial charge is 0.465 e. The number of ether oxygens (including phenoxy) is 1. The van der Waals surface area contributed by atoms with E-state index < -0.39 is 6.09 Å². The molecule has 1 aromatic carbocycles. The highest BCUT2D eigenvalue weighted by molar-refractivity contribution is 7.99. The number of aliphatic hydroxyl groups is 1. The molecule has 0 atom stereocenters. The van der Waals surface area contributed by atoms with E-state index in [4.69, 9.17) is 21.4 Å². The van der Waals surface area contributed by atoms with Gasteiger partial charge in [-0.25, -0.2) is 9.78 Å². The van der Waals surface area contributed by atoms with Crippen LogP contribution in [0.15, 0.2) is 40.4 Å². The highest BCUT2D eigenvalue weighted by Gasteiger charge is 2.18. The van der Waals surface area contributed by atoms with Gasteiger partial charge in [0.25, 0.3) is 0 Å². The van der Waals surface area contributed by atoms with E-state index in [2.05, 4.69) is 15.2 Å². The first-order valence-corrected chi connectivity index (χ1v) is 9.62. The molecule has 144 valence electrons. The summed E-state index contributed by atoms with van der Waals surface area (Å²) in [6, 6.07) is 7.37. The lowest BCUT2D eigenvalue weighted by Crippen LogP contribution is -2.36. The summed E-state index contributed by atoms with van der Waals surface area (Å²) in [6.45, 7) is 2.78. The summed E-state index contributed by atoms with van der Waals surface area (Å²) in [6.07, 6.45) is 0.542. The van der Waals surface area contributed by atoms with Crippen LogP contribution in [0.5, 0.6) is 0 Å². The van der Waals surface area contributed by atoms with Crippen LogP contribution in [-0.4, -0.2) is 47.6 Å². The van der Waals surface area contributed by atoms with Gasteiger partial charge in [-0.1, -0.05) is 29.4 Å². The standard InChI is InChI=1S/C18H20ClN3O4S/c19-15-9-14(22-4-6-26-7-5-22)8-13(10-21-18(24)25)16(15)27-17-12(11-23)2-1-3-20-17/h1-3,8-9,21,23H,4-7,10-11H2,(H,24,25). The molecule has 27 heavy (non-hydrogen) atoms. The molecule has 3 rings (SSSR count). The Morgan fingerprint density at radius 1 is 1.33 bits per heavy atom. The molecule has 7 nitrogen and oxygen atoms in total. The normalized spacial score (nSPS) is 14.2. The van der Waals surface area contributed by atoms with Gasteiger partial charge in [-0.3, -0.25) is 0 Å². The highest BCUT2D eigenvalue weighted by Crippen LogP contribution is 2.39. The summed E-state index contributed by atoms with van der Waals surface area (Å²) < 4.78 is 5.39.